The largest absolute Gasteiger partial charge is 0.480 e. The molecule has 6 nitrogen and oxygen atoms in total. The first-order valence-corrected chi connectivity index (χ1v) is 10.6. The van der Waals surface area contributed by atoms with E-state index in [-0.39, 0.29) is 6.54 Å². The molecule has 176 valence electrons. The molecule has 2 aromatic rings. The van der Waals surface area contributed by atoms with Crippen LogP contribution in [-0.4, -0.2) is 60.2 Å². The number of benzene rings is 1. The van der Waals surface area contributed by atoms with E-state index in [2.05, 4.69) is 21.8 Å². The van der Waals surface area contributed by atoms with E-state index in [4.69, 9.17) is 5.11 Å². The first-order valence-electron chi connectivity index (χ1n) is 10.6. The predicted molar refractivity (Wildman–Crippen MR) is 123 cm³/mol. The Bertz CT molecular complexity index is 994. The van der Waals surface area contributed by atoms with Crippen molar-refractivity contribution in [2.75, 3.05) is 49.5 Å². The molecule has 0 bridgehead atoms. The van der Waals surface area contributed by atoms with Crippen molar-refractivity contribution in [2.45, 2.75) is 13.1 Å². The normalized spacial score (nSPS) is 15.4. The van der Waals surface area contributed by atoms with E-state index in [1.54, 1.807) is 0 Å². The molecule has 1 aromatic heterocycles. The highest BCUT2D eigenvalue weighted by atomic mass is 19.4. The van der Waals surface area contributed by atoms with Gasteiger partial charge in [-0.1, -0.05) is 24.8 Å². The summed E-state index contributed by atoms with van der Waals surface area (Å²) in [7, 11) is 0. The van der Waals surface area contributed by atoms with Crippen molar-refractivity contribution in [1.82, 2.24) is 9.88 Å². The van der Waals surface area contributed by atoms with Crippen LogP contribution < -0.4 is 10.2 Å². The molecule has 0 saturated carbocycles. The van der Waals surface area contributed by atoms with Gasteiger partial charge in [-0.05, 0) is 47.9 Å². The smallest absolute Gasteiger partial charge is 0.417 e. The number of aromatic nitrogens is 1. The second-order valence-corrected chi connectivity index (χ2v) is 7.78. The summed E-state index contributed by atoms with van der Waals surface area (Å²) in [5.74, 6) is -0.371. The number of carboxylic acids is 1. The number of carboxylic acid groups (broad SMARTS) is 1. The second kappa shape index (κ2) is 10.5. The number of nitrogens with zero attached hydrogens (tertiary/aromatic N) is 3. The summed E-state index contributed by atoms with van der Waals surface area (Å²) in [6.07, 6.45) is -1.47. The Morgan fingerprint density at radius 1 is 1.15 bits per heavy atom. The van der Waals surface area contributed by atoms with Crippen LogP contribution in [-0.2, 0) is 11.0 Å². The second-order valence-electron chi connectivity index (χ2n) is 7.78. The third kappa shape index (κ3) is 6.58. The van der Waals surface area contributed by atoms with Crippen LogP contribution in [0.4, 0.5) is 24.7 Å². The Kier molecular flexibility index (Phi) is 7.75. The number of piperazine rings is 1. The first kappa shape index (κ1) is 24.3. The number of halogens is 3. The summed E-state index contributed by atoms with van der Waals surface area (Å²) in [6, 6.07) is 9.96. The molecule has 9 heteroatoms. The molecule has 1 aromatic carbocycles. The Morgan fingerprint density at radius 3 is 2.33 bits per heavy atom. The fourth-order valence-electron chi connectivity index (χ4n) is 3.63. The van der Waals surface area contributed by atoms with Crippen LogP contribution in [0.15, 0.2) is 60.8 Å². The first-order chi connectivity index (χ1) is 15.7. The van der Waals surface area contributed by atoms with Gasteiger partial charge in [0.15, 0.2) is 0 Å². The number of hydrogen-bond acceptors (Lipinski definition) is 5. The molecule has 33 heavy (non-hydrogen) atoms. The van der Waals surface area contributed by atoms with Gasteiger partial charge in [0.2, 0.25) is 0 Å². The van der Waals surface area contributed by atoms with Crippen LogP contribution in [0.25, 0.3) is 5.57 Å². The average Bonchev–Trinajstić information content (AvgIpc) is 2.81. The number of allylic oxidation sites excluding steroid dienone is 1. The predicted octanol–water partition coefficient (Wildman–Crippen LogP) is 4.38. The molecule has 0 aliphatic carbocycles. The summed E-state index contributed by atoms with van der Waals surface area (Å²) in [5, 5.41) is 11.6. The zero-order valence-electron chi connectivity index (χ0n) is 18.4. The maximum absolute atomic E-state index is 12.7. The fraction of sp³-hybridized carbons (Fsp3) is 0.333. The van der Waals surface area contributed by atoms with Gasteiger partial charge in [0.25, 0.3) is 0 Å². The molecule has 0 unspecified atom stereocenters. The van der Waals surface area contributed by atoms with E-state index in [1.807, 2.05) is 42.2 Å². The van der Waals surface area contributed by atoms with Crippen molar-refractivity contribution in [3.05, 3.63) is 72.0 Å². The maximum Gasteiger partial charge on any atom is 0.417 e. The monoisotopic (exact) mass is 460 g/mol. The summed E-state index contributed by atoms with van der Waals surface area (Å²) in [6.45, 7) is 9.62. The van der Waals surface area contributed by atoms with Crippen LogP contribution in [0.1, 0.15) is 18.1 Å². The average molecular weight is 461 g/mol. The van der Waals surface area contributed by atoms with Crippen LogP contribution >= 0.6 is 0 Å². The zero-order chi connectivity index (χ0) is 24.0. The third-order valence-corrected chi connectivity index (χ3v) is 5.58. The topological polar surface area (TPSA) is 68.7 Å². The molecule has 1 fully saturated rings. The van der Waals surface area contributed by atoms with E-state index in [9.17, 15) is 18.0 Å². The lowest BCUT2D eigenvalue weighted by atomic mass is 9.98. The summed E-state index contributed by atoms with van der Waals surface area (Å²) >= 11 is 0. The van der Waals surface area contributed by atoms with Crippen molar-refractivity contribution in [2.24, 2.45) is 0 Å². The molecule has 3 rings (SSSR count). The standard InChI is InChI=1S/C24H27F3N4O2/c1-3-18(17(2)19-4-7-21(8-5-19)28-15-23(32)33)16-30-10-12-31(13-11-30)22-9-6-20(14-29-22)24(25,26)27/h3-9,14,28H,2,10-13,15-16H2,1H3,(H,32,33)/b18-3-. The van der Waals surface area contributed by atoms with Crippen LogP contribution in [0.5, 0.6) is 0 Å². The van der Waals surface area contributed by atoms with Crippen molar-refractivity contribution in [1.29, 1.82) is 0 Å². The molecule has 1 aliphatic rings. The molecule has 0 amide bonds. The van der Waals surface area contributed by atoms with Crippen molar-refractivity contribution >= 4 is 23.0 Å². The summed E-state index contributed by atoms with van der Waals surface area (Å²) < 4.78 is 38.2. The van der Waals surface area contributed by atoms with Crippen molar-refractivity contribution in [3.8, 4) is 0 Å². The Balaban J connectivity index is 1.54. The number of hydrogen-bond donors (Lipinski definition) is 2. The van der Waals surface area contributed by atoms with Gasteiger partial charge < -0.3 is 15.3 Å². The van der Waals surface area contributed by atoms with Gasteiger partial charge in [0.05, 0.1) is 5.56 Å². The van der Waals surface area contributed by atoms with Gasteiger partial charge in [0, 0.05) is 44.6 Å². The lowest BCUT2D eigenvalue weighted by Gasteiger charge is -2.36. The van der Waals surface area contributed by atoms with E-state index >= 15 is 0 Å². The van der Waals surface area contributed by atoms with Crippen molar-refractivity contribution < 1.29 is 23.1 Å². The third-order valence-electron chi connectivity index (χ3n) is 5.58. The number of pyridine rings is 1. The molecule has 0 atom stereocenters. The van der Waals surface area contributed by atoms with Gasteiger partial charge in [-0.25, -0.2) is 4.98 Å². The summed E-state index contributed by atoms with van der Waals surface area (Å²) in [5.41, 5.74) is 2.92. The number of anilines is 2. The molecule has 1 aliphatic heterocycles. The molecule has 2 N–H and O–H groups in total. The van der Waals surface area contributed by atoms with Crippen LogP contribution in [0.3, 0.4) is 0 Å². The maximum atomic E-state index is 12.7. The van der Waals surface area contributed by atoms with E-state index < -0.39 is 17.7 Å². The number of nitrogens with one attached hydrogen (secondary N) is 1. The van der Waals surface area contributed by atoms with E-state index in [0.717, 1.165) is 47.7 Å². The SMILES string of the molecule is C=C(/C(=C\C)CN1CCN(c2ccc(C(F)(F)F)cn2)CC1)c1ccc(NCC(=O)O)cc1. The van der Waals surface area contributed by atoms with Gasteiger partial charge in [-0.15, -0.1) is 0 Å². The Morgan fingerprint density at radius 2 is 1.82 bits per heavy atom. The molecule has 1 saturated heterocycles. The highest BCUT2D eigenvalue weighted by molar-refractivity contribution is 5.78. The molecular formula is C24H27F3N4O2. The molecule has 0 spiro atoms. The summed E-state index contributed by atoms with van der Waals surface area (Å²) in [4.78, 5) is 18.9. The van der Waals surface area contributed by atoms with Gasteiger partial charge in [-0.2, -0.15) is 13.2 Å². The lowest BCUT2D eigenvalue weighted by Crippen LogP contribution is -2.47. The number of aliphatic carboxylic acids is 1. The van der Waals surface area contributed by atoms with Gasteiger partial charge >= 0.3 is 12.1 Å². The fourth-order valence-corrected chi connectivity index (χ4v) is 3.63. The zero-order valence-corrected chi connectivity index (χ0v) is 18.4. The van der Waals surface area contributed by atoms with Gasteiger partial charge in [0.1, 0.15) is 12.4 Å². The van der Waals surface area contributed by atoms with Crippen molar-refractivity contribution in [3.63, 3.8) is 0 Å². The van der Waals surface area contributed by atoms with Crippen LogP contribution in [0, 0.1) is 0 Å². The minimum absolute atomic E-state index is 0.144. The minimum atomic E-state index is -4.38. The highest BCUT2D eigenvalue weighted by Crippen LogP contribution is 2.30. The van der Waals surface area contributed by atoms with Crippen LogP contribution in [0.2, 0.25) is 0 Å². The minimum Gasteiger partial charge on any atom is -0.480 e. The quantitative estimate of drug-likeness (QED) is 0.570. The lowest BCUT2D eigenvalue weighted by molar-refractivity contribution is -0.138. The Labute approximate surface area is 191 Å². The van der Waals surface area contributed by atoms with E-state index in [0.29, 0.717) is 25.5 Å². The number of alkyl halides is 3. The Hall–Kier alpha value is -3.33. The molecule has 0 radical (unpaired) electrons. The van der Waals surface area contributed by atoms with Gasteiger partial charge in [-0.3, -0.25) is 9.69 Å². The number of carbonyl (C=O) groups is 1. The highest BCUT2D eigenvalue weighted by Gasteiger charge is 2.31. The molecule has 2 heterocycles. The van der Waals surface area contributed by atoms with E-state index in [1.165, 1.54) is 6.07 Å². The number of rotatable bonds is 8. The molecular weight excluding hydrogens is 433 g/mol.